The number of benzene rings is 2. The Labute approximate surface area is 176 Å². The summed E-state index contributed by atoms with van der Waals surface area (Å²) in [5, 5.41) is 9.77. The van der Waals surface area contributed by atoms with Crippen LogP contribution in [0.15, 0.2) is 48.5 Å². The van der Waals surface area contributed by atoms with Gasteiger partial charge in [-0.25, -0.2) is 0 Å². The van der Waals surface area contributed by atoms with E-state index in [2.05, 4.69) is 6.07 Å². The molecule has 0 spiro atoms. The average molecular weight is 435 g/mol. The highest BCUT2D eigenvalue weighted by Crippen LogP contribution is 2.36. The minimum absolute atomic E-state index is 0.348. The molecular formula is C22H15Cl2F3N2. The molecule has 29 heavy (non-hydrogen) atoms. The highest BCUT2D eigenvalue weighted by molar-refractivity contribution is 6.31. The van der Waals surface area contributed by atoms with E-state index in [-0.39, 0.29) is 5.02 Å². The number of aromatic nitrogens is 1. The molecule has 7 heteroatoms. The molecule has 0 N–H and O–H groups in total. The third-order valence-electron chi connectivity index (χ3n) is 4.56. The number of nitriles is 1. The zero-order chi connectivity index (χ0) is 21.3. The van der Waals surface area contributed by atoms with Crippen molar-refractivity contribution in [2.45, 2.75) is 20.0 Å². The second-order valence-corrected chi connectivity index (χ2v) is 7.34. The molecule has 0 saturated heterocycles. The van der Waals surface area contributed by atoms with E-state index in [4.69, 9.17) is 23.2 Å². The highest BCUT2D eigenvalue weighted by Gasteiger charge is 2.33. The van der Waals surface area contributed by atoms with Gasteiger partial charge in [-0.15, -0.1) is 0 Å². The molecule has 2 nitrogen and oxygen atoms in total. The maximum atomic E-state index is 13.2. The summed E-state index contributed by atoms with van der Waals surface area (Å²) in [6, 6.07) is 14.7. The highest BCUT2D eigenvalue weighted by atomic mass is 35.5. The molecule has 1 aromatic heterocycles. The van der Waals surface area contributed by atoms with E-state index in [1.807, 2.05) is 6.07 Å². The summed E-state index contributed by atoms with van der Waals surface area (Å²) >= 11 is 11.6. The van der Waals surface area contributed by atoms with Crippen molar-refractivity contribution in [2.75, 3.05) is 0 Å². The maximum absolute atomic E-state index is 13.2. The number of alkyl halides is 3. The minimum atomic E-state index is -4.55. The number of allylic oxidation sites excluding steroid dienone is 1. The normalized spacial score (nSPS) is 12.1. The van der Waals surface area contributed by atoms with Gasteiger partial charge in [0.05, 0.1) is 22.2 Å². The molecule has 1 heterocycles. The van der Waals surface area contributed by atoms with Crippen LogP contribution in [0.1, 0.15) is 28.1 Å². The quantitative estimate of drug-likeness (QED) is 0.392. The van der Waals surface area contributed by atoms with Crippen LogP contribution in [0.3, 0.4) is 0 Å². The Balaban J connectivity index is 2.10. The van der Waals surface area contributed by atoms with Crippen molar-refractivity contribution in [1.82, 2.24) is 4.57 Å². The fourth-order valence-corrected chi connectivity index (χ4v) is 3.52. The van der Waals surface area contributed by atoms with E-state index in [0.717, 1.165) is 17.3 Å². The fraction of sp³-hybridized carbons (Fsp3) is 0.136. The maximum Gasteiger partial charge on any atom is 0.417 e. The fourth-order valence-electron chi connectivity index (χ4n) is 3.17. The Morgan fingerprint density at radius 1 is 1.03 bits per heavy atom. The molecule has 0 aliphatic rings. The second-order valence-electron chi connectivity index (χ2n) is 6.50. The largest absolute Gasteiger partial charge is 0.417 e. The van der Waals surface area contributed by atoms with Crippen LogP contribution < -0.4 is 0 Å². The van der Waals surface area contributed by atoms with Crippen molar-refractivity contribution >= 4 is 34.9 Å². The van der Waals surface area contributed by atoms with E-state index in [1.54, 1.807) is 48.8 Å². The van der Waals surface area contributed by atoms with Crippen molar-refractivity contribution in [2.24, 2.45) is 0 Å². The van der Waals surface area contributed by atoms with E-state index in [1.165, 1.54) is 12.1 Å². The molecule has 0 fully saturated rings. The predicted molar refractivity (Wildman–Crippen MR) is 110 cm³/mol. The minimum Gasteiger partial charge on any atom is -0.318 e. The number of rotatable bonds is 3. The summed E-state index contributed by atoms with van der Waals surface area (Å²) in [6.07, 6.45) is -2.84. The summed E-state index contributed by atoms with van der Waals surface area (Å²) in [7, 11) is 0. The lowest BCUT2D eigenvalue weighted by atomic mass is 10.0. The van der Waals surface area contributed by atoms with Crippen LogP contribution in [0.4, 0.5) is 13.2 Å². The zero-order valence-corrected chi connectivity index (χ0v) is 17.0. The van der Waals surface area contributed by atoms with E-state index < -0.39 is 11.7 Å². The van der Waals surface area contributed by atoms with Gasteiger partial charge < -0.3 is 4.57 Å². The van der Waals surface area contributed by atoms with E-state index in [0.29, 0.717) is 27.5 Å². The average Bonchev–Trinajstić information content (AvgIpc) is 2.93. The first-order valence-corrected chi connectivity index (χ1v) is 9.31. The molecule has 148 valence electrons. The molecule has 3 aromatic rings. The lowest BCUT2D eigenvalue weighted by Gasteiger charge is -2.14. The van der Waals surface area contributed by atoms with Gasteiger partial charge in [0.2, 0.25) is 0 Å². The molecule has 3 rings (SSSR count). The van der Waals surface area contributed by atoms with Crippen LogP contribution in [0.2, 0.25) is 10.0 Å². The zero-order valence-electron chi connectivity index (χ0n) is 15.5. The topological polar surface area (TPSA) is 28.7 Å². The SMILES string of the molecule is Cc1cc(/C=C(/C#N)c2ccc(Cl)cc2)c(C)n1-c1ccc(Cl)c(C(F)(F)F)c1. The monoisotopic (exact) mass is 434 g/mol. The number of halogens is 5. The first kappa shape index (κ1) is 21.0. The lowest BCUT2D eigenvalue weighted by Crippen LogP contribution is -2.08. The van der Waals surface area contributed by atoms with Crippen molar-refractivity contribution < 1.29 is 13.2 Å². The van der Waals surface area contributed by atoms with Gasteiger partial charge in [0.1, 0.15) is 0 Å². The van der Waals surface area contributed by atoms with Gasteiger partial charge in [0.15, 0.2) is 0 Å². The van der Waals surface area contributed by atoms with Crippen LogP contribution in [-0.2, 0) is 6.18 Å². The molecular weight excluding hydrogens is 420 g/mol. The Kier molecular flexibility index (Phi) is 5.79. The molecule has 0 aliphatic heterocycles. The molecule has 0 amide bonds. The molecule has 0 radical (unpaired) electrons. The van der Waals surface area contributed by atoms with Gasteiger partial charge in [0, 0.05) is 22.1 Å². The Morgan fingerprint density at radius 2 is 1.69 bits per heavy atom. The lowest BCUT2D eigenvalue weighted by molar-refractivity contribution is -0.137. The van der Waals surface area contributed by atoms with Gasteiger partial charge in [-0.05, 0) is 67.4 Å². The van der Waals surface area contributed by atoms with Gasteiger partial charge >= 0.3 is 6.18 Å². The summed E-state index contributed by atoms with van der Waals surface area (Å²) < 4.78 is 41.4. The summed E-state index contributed by atoms with van der Waals surface area (Å²) in [5.74, 6) is 0. The van der Waals surface area contributed by atoms with Crippen LogP contribution in [0.5, 0.6) is 0 Å². The molecule has 0 unspecified atom stereocenters. The van der Waals surface area contributed by atoms with Gasteiger partial charge in [-0.1, -0.05) is 35.3 Å². The second kappa shape index (κ2) is 7.98. The Morgan fingerprint density at radius 3 is 2.28 bits per heavy atom. The molecule has 0 aliphatic carbocycles. The van der Waals surface area contributed by atoms with Crippen LogP contribution >= 0.6 is 23.2 Å². The van der Waals surface area contributed by atoms with Crippen molar-refractivity contribution in [3.63, 3.8) is 0 Å². The smallest absolute Gasteiger partial charge is 0.318 e. The van der Waals surface area contributed by atoms with Crippen molar-refractivity contribution in [3.8, 4) is 11.8 Å². The number of nitrogens with zero attached hydrogens (tertiary/aromatic N) is 2. The van der Waals surface area contributed by atoms with Crippen LogP contribution in [0.25, 0.3) is 17.3 Å². The summed E-state index contributed by atoms with van der Waals surface area (Å²) in [5.41, 5.74) is 2.76. The number of hydrogen-bond donors (Lipinski definition) is 0. The van der Waals surface area contributed by atoms with Gasteiger partial charge in [0.25, 0.3) is 0 Å². The molecule has 2 aromatic carbocycles. The molecule has 0 atom stereocenters. The van der Waals surface area contributed by atoms with Crippen LogP contribution in [-0.4, -0.2) is 4.57 Å². The Bertz CT molecular complexity index is 1130. The molecule has 0 saturated carbocycles. The van der Waals surface area contributed by atoms with Crippen molar-refractivity contribution in [3.05, 3.63) is 86.7 Å². The van der Waals surface area contributed by atoms with Crippen molar-refractivity contribution in [1.29, 1.82) is 5.26 Å². The van der Waals surface area contributed by atoms with Gasteiger partial charge in [-0.3, -0.25) is 0 Å². The standard InChI is InChI=1S/C22H15Cl2F3N2/c1-13-9-16(10-17(12-28)15-3-5-18(23)6-4-15)14(2)29(13)19-7-8-21(24)20(11-19)22(25,26)27/h3-11H,1-2H3/b17-10-. The van der Waals surface area contributed by atoms with Gasteiger partial charge in [-0.2, -0.15) is 18.4 Å². The summed E-state index contributed by atoms with van der Waals surface area (Å²) in [6.45, 7) is 3.58. The first-order chi connectivity index (χ1) is 13.6. The Hall–Kier alpha value is -2.68. The first-order valence-electron chi connectivity index (χ1n) is 8.55. The third kappa shape index (κ3) is 4.34. The molecule has 0 bridgehead atoms. The predicted octanol–water partition coefficient (Wildman–Crippen LogP) is 7.48. The summed E-state index contributed by atoms with van der Waals surface area (Å²) in [4.78, 5) is 0. The number of aryl methyl sites for hydroxylation is 1. The van der Waals surface area contributed by atoms with Crippen LogP contribution in [0, 0.1) is 25.2 Å². The van der Waals surface area contributed by atoms with E-state index in [9.17, 15) is 18.4 Å². The van der Waals surface area contributed by atoms with E-state index >= 15 is 0 Å². The number of hydrogen-bond acceptors (Lipinski definition) is 1. The third-order valence-corrected chi connectivity index (χ3v) is 5.14.